The fraction of sp³-hybridized carbons (Fsp3) is 0.829. The molecule has 0 saturated carbocycles. The van der Waals surface area contributed by atoms with Crippen LogP contribution < -0.4 is 0 Å². The van der Waals surface area contributed by atoms with Crippen LogP contribution in [-0.2, 0) is 28.6 Å². The number of likely N-dealkylation sites (N-methyl/N-ethyl adjacent to an activating group) is 1. The molecule has 0 aromatic carbocycles. The number of hydrogen-bond acceptors (Lipinski definition) is 6. The van der Waals surface area contributed by atoms with Crippen LogP contribution in [0.2, 0.25) is 0 Å². The van der Waals surface area contributed by atoms with Crippen LogP contribution in [0.15, 0.2) is 24.3 Å². The number of esters is 2. The number of ether oxygens (including phenoxy) is 3. The Hall–Kier alpha value is -2.19. The number of nitrogens with zero attached hydrogens (tertiary/aromatic N) is 1. The molecule has 2 atom stereocenters. The molecule has 0 saturated heterocycles. The number of carbonyl (C=O) groups is 3. The quantitative estimate of drug-likeness (QED) is 0.0305. The minimum absolute atomic E-state index is 0.0567. The highest BCUT2D eigenvalue weighted by Gasteiger charge is 2.31. The average Bonchev–Trinajstić information content (AvgIpc) is 3.05. The largest absolute Gasteiger partial charge is 0.477 e. The highest BCUT2D eigenvalue weighted by molar-refractivity contribution is 5.72. The highest BCUT2D eigenvalue weighted by Crippen LogP contribution is 2.13. The van der Waals surface area contributed by atoms with Crippen molar-refractivity contribution in [2.24, 2.45) is 0 Å². The predicted octanol–water partition coefficient (Wildman–Crippen LogP) is 10.1. The van der Waals surface area contributed by atoms with E-state index in [1.165, 1.54) is 70.6 Å². The first kappa shape index (κ1) is 46.8. The van der Waals surface area contributed by atoms with Gasteiger partial charge in [-0.1, -0.05) is 115 Å². The van der Waals surface area contributed by atoms with Crippen molar-refractivity contribution < 1.29 is 38.2 Å². The van der Waals surface area contributed by atoms with Crippen LogP contribution in [0.3, 0.4) is 0 Å². The summed E-state index contributed by atoms with van der Waals surface area (Å²) in [7, 11) is 5.51. The van der Waals surface area contributed by atoms with Crippen molar-refractivity contribution in [1.82, 2.24) is 0 Å². The number of carboxylic acids is 1. The third-order valence-corrected chi connectivity index (χ3v) is 8.82. The predicted molar refractivity (Wildman–Crippen MR) is 202 cm³/mol. The summed E-state index contributed by atoms with van der Waals surface area (Å²) in [5.41, 5.74) is 0. The van der Waals surface area contributed by atoms with E-state index >= 15 is 0 Å². The molecule has 0 amide bonds. The van der Waals surface area contributed by atoms with Crippen molar-refractivity contribution in [3.05, 3.63) is 24.3 Å². The number of hydrogen-bond donors (Lipinski definition) is 1. The number of unbranched alkanes of at least 4 members (excludes halogenated alkanes) is 17. The molecule has 0 aliphatic rings. The fourth-order valence-corrected chi connectivity index (χ4v) is 5.65. The summed E-state index contributed by atoms with van der Waals surface area (Å²) in [6.45, 7) is 4.66. The zero-order chi connectivity index (χ0) is 36.4. The van der Waals surface area contributed by atoms with Gasteiger partial charge in [0.2, 0.25) is 0 Å². The van der Waals surface area contributed by atoms with Gasteiger partial charge in [-0.3, -0.25) is 9.59 Å². The molecule has 0 fully saturated rings. The summed E-state index contributed by atoms with van der Waals surface area (Å²) in [5.74, 6) is -1.49. The van der Waals surface area contributed by atoms with E-state index in [-0.39, 0.29) is 36.2 Å². The van der Waals surface area contributed by atoms with Gasteiger partial charge < -0.3 is 23.8 Å². The van der Waals surface area contributed by atoms with E-state index < -0.39 is 18.1 Å². The second-order valence-electron chi connectivity index (χ2n) is 14.5. The van der Waals surface area contributed by atoms with E-state index in [0.29, 0.717) is 19.3 Å². The van der Waals surface area contributed by atoms with Crippen molar-refractivity contribution in [3.63, 3.8) is 0 Å². The van der Waals surface area contributed by atoms with Crippen LogP contribution >= 0.6 is 0 Å². The lowest BCUT2D eigenvalue weighted by Gasteiger charge is -2.31. The van der Waals surface area contributed by atoms with Crippen molar-refractivity contribution >= 4 is 17.9 Å². The Kier molecular flexibility index (Phi) is 31.5. The molecule has 0 rings (SSSR count). The summed E-state index contributed by atoms with van der Waals surface area (Å²) >= 11 is 0. The second-order valence-corrected chi connectivity index (χ2v) is 14.5. The minimum Gasteiger partial charge on any atom is -0.477 e. The van der Waals surface area contributed by atoms with Crippen molar-refractivity contribution in [2.45, 2.75) is 180 Å². The van der Waals surface area contributed by atoms with Crippen LogP contribution in [0.5, 0.6) is 0 Å². The standard InChI is InChI=1S/C41H75NO7/c1-6-8-10-12-14-16-18-19-20-22-24-26-28-30-32-40(44)49-37(35-47-34-33-38(41(45)46)42(3,4)5)36-48-39(43)31-29-27-25-23-21-17-15-13-11-9-7-2/h13,15,18-19,37-38H,6-12,14,16-17,20-36H2,1-5H3/p+1/b15-13-,19-18-. The molecule has 49 heavy (non-hydrogen) atoms. The number of rotatable bonds is 35. The van der Waals surface area contributed by atoms with Gasteiger partial charge in [0.25, 0.3) is 0 Å². The van der Waals surface area contributed by atoms with Gasteiger partial charge in [0.1, 0.15) is 6.61 Å². The van der Waals surface area contributed by atoms with E-state index in [4.69, 9.17) is 14.2 Å². The van der Waals surface area contributed by atoms with E-state index in [1.807, 2.05) is 21.1 Å². The molecule has 0 bridgehead atoms. The number of quaternary nitrogens is 1. The monoisotopic (exact) mass is 695 g/mol. The molecule has 0 aliphatic carbocycles. The van der Waals surface area contributed by atoms with E-state index in [9.17, 15) is 19.5 Å². The Balaban J connectivity index is 4.43. The summed E-state index contributed by atoms with van der Waals surface area (Å²) in [6.07, 6.45) is 33.6. The topological polar surface area (TPSA) is 99.1 Å². The maximum absolute atomic E-state index is 12.7. The smallest absolute Gasteiger partial charge is 0.362 e. The van der Waals surface area contributed by atoms with Crippen molar-refractivity contribution in [3.8, 4) is 0 Å². The van der Waals surface area contributed by atoms with Crippen molar-refractivity contribution in [1.29, 1.82) is 0 Å². The van der Waals surface area contributed by atoms with Gasteiger partial charge in [-0.15, -0.1) is 0 Å². The SMILES string of the molecule is CCCC/C=C\CCCCCCCC(=O)OCC(COCCC(C(=O)O)[N+](C)(C)C)OC(=O)CCCCCCC/C=C\CCCCCCC. The fourth-order valence-electron chi connectivity index (χ4n) is 5.65. The van der Waals surface area contributed by atoms with Gasteiger partial charge >= 0.3 is 17.9 Å². The van der Waals surface area contributed by atoms with Gasteiger partial charge in [0.05, 0.1) is 34.4 Å². The van der Waals surface area contributed by atoms with Gasteiger partial charge in [0, 0.05) is 19.3 Å². The Morgan fingerprint density at radius 3 is 1.53 bits per heavy atom. The van der Waals surface area contributed by atoms with Crippen molar-refractivity contribution in [2.75, 3.05) is 41.0 Å². The van der Waals surface area contributed by atoms with Gasteiger partial charge in [-0.25, -0.2) is 4.79 Å². The van der Waals surface area contributed by atoms with Crippen LogP contribution in [0.1, 0.15) is 168 Å². The summed E-state index contributed by atoms with van der Waals surface area (Å²) in [5, 5.41) is 9.58. The maximum Gasteiger partial charge on any atom is 0.362 e. The van der Waals surface area contributed by atoms with Crippen LogP contribution in [0, 0.1) is 0 Å². The van der Waals surface area contributed by atoms with E-state index in [1.54, 1.807) is 0 Å². The lowest BCUT2D eigenvalue weighted by Crippen LogP contribution is -2.50. The first-order valence-corrected chi connectivity index (χ1v) is 19.9. The molecule has 0 aromatic rings. The number of allylic oxidation sites excluding steroid dienone is 4. The Bertz CT molecular complexity index is 864. The molecule has 1 N–H and O–H groups in total. The molecule has 286 valence electrons. The minimum atomic E-state index is -0.878. The Labute approximate surface area is 301 Å². The molecule has 0 aromatic heterocycles. The lowest BCUT2D eigenvalue weighted by molar-refractivity contribution is -0.887. The molecule has 8 nitrogen and oxygen atoms in total. The summed E-state index contributed by atoms with van der Waals surface area (Å²) in [6, 6.07) is -0.613. The molecule has 0 radical (unpaired) electrons. The number of aliphatic carboxylic acids is 1. The maximum atomic E-state index is 12.7. The van der Waals surface area contributed by atoms with E-state index in [0.717, 1.165) is 64.2 Å². The van der Waals surface area contributed by atoms with Gasteiger partial charge in [0.15, 0.2) is 12.1 Å². The summed E-state index contributed by atoms with van der Waals surface area (Å²) < 4.78 is 17.2. The molecular weight excluding hydrogens is 618 g/mol. The zero-order valence-corrected chi connectivity index (χ0v) is 32.4. The Morgan fingerprint density at radius 1 is 0.592 bits per heavy atom. The molecule has 0 aliphatic heterocycles. The molecule has 2 unspecified atom stereocenters. The first-order valence-electron chi connectivity index (χ1n) is 19.9. The Morgan fingerprint density at radius 2 is 1.04 bits per heavy atom. The zero-order valence-electron chi connectivity index (χ0n) is 32.4. The number of carboxylic acid groups (broad SMARTS) is 1. The molecule has 0 spiro atoms. The average molecular weight is 695 g/mol. The number of carbonyl (C=O) groups excluding carboxylic acids is 2. The van der Waals surface area contributed by atoms with Crippen LogP contribution in [0.25, 0.3) is 0 Å². The van der Waals surface area contributed by atoms with Gasteiger partial charge in [-0.05, 0) is 57.8 Å². The van der Waals surface area contributed by atoms with E-state index in [2.05, 4.69) is 38.2 Å². The highest BCUT2D eigenvalue weighted by atomic mass is 16.6. The van der Waals surface area contributed by atoms with Crippen LogP contribution in [0.4, 0.5) is 0 Å². The normalized spacial score (nSPS) is 13.2. The first-order chi connectivity index (χ1) is 23.6. The third-order valence-electron chi connectivity index (χ3n) is 8.82. The lowest BCUT2D eigenvalue weighted by atomic mass is 10.1. The molecular formula is C41H76NO7+. The summed E-state index contributed by atoms with van der Waals surface area (Å²) in [4.78, 5) is 36.8. The third kappa shape index (κ3) is 31.5. The van der Waals surface area contributed by atoms with Crippen LogP contribution in [-0.4, -0.2) is 80.6 Å². The second kappa shape index (κ2) is 33.0. The molecule has 8 heteroatoms. The van der Waals surface area contributed by atoms with Gasteiger partial charge in [-0.2, -0.15) is 0 Å². The molecule has 0 heterocycles.